The number of aromatic nitrogens is 2. The Hall–Kier alpha value is -0.750. The molecule has 0 spiro atoms. The molecule has 0 bridgehead atoms. The van der Waals surface area contributed by atoms with Gasteiger partial charge in [0.1, 0.15) is 16.8 Å². The van der Waals surface area contributed by atoms with Crippen LogP contribution >= 0.6 is 34.2 Å². The van der Waals surface area contributed by atoms with Crippen molar-refractivity contribution in [2.24, 2.45) is 0 Å². The topological polar surface area (TPSA) is 25.8 Å². The van der Waals surface area contributed by atoms with Crippen LogP contribution in [0.1, 0.15) is 24.0 Å². The number of benzene rings is 1. The summed E-state index contributed by atoms with van der Waals surface area (Å²) in [6.07, 6.45) is 1.14. The van der Waals surface area contributed by atoms with Crippen LogP contribution in [0.25, 0.3) is 0 Å². The van der Waals surface area contributed by atoms with Crippen LogP contribution in [0.5, 0.6) is 0 Å². The molecule has 0 fully saturated rings. The van der Waals surface area contributed by atoms with Crippen molar-refractivity contribution < 1.29 is 4.39 Å². The fraction of sp³-hybridized carbons (Fsp3) is 0.231. The lowest BCUT2D eigenvalue weighted by molar-refractivity contribution is 0.612. The Bertz CT molecular complexity index is 575. The lowest BCUT2D eigenvalue weighted by Gasteiger charge is -2.07. The summed E-state index contributed by atoms with van der Waals surface area (Å²) in [5.74, 6) is 0.316. The van der Waals surface area contributed by atoms with E-state index >= 15 is 0 Å². The Kier molecular flexibility index (Phi) is 4.50. The highest BCUT2D eigenvalue weighted by Gasteiger charge is 2.11. The molecule has 2 aromatic rings. The molecular formula is C13H11ClFIN2. The van der Waals surface area contributed by atoms with Crippen LogP contribution in [0.4, 0.5) is 4.39 Å². The van der Waals surface area contributed by atoms with Gasteiger partial charge in [0.15, 0.2) is 0 Å². The number of nitrogens with zero attached hydrogens (tertiary/aromatic N) is 2. The van der Waals surface area contributed by atoms with Crippen LogP contribution < -0.4 is 0 Å². The van der Waals surface area contributed by atoms with Gasteiger partial charge in [-0.3, -0.25) is 0 Å². The van der Waals surface area contributed by atoms with Gasteiger partial charge in [0, 0.05) is 6.42 Å². The Balaban J connectivity index is 2.36. The zero-order valence-corrected chi connectivity index (χ0v) is 12.7. The maximum atomic E-state index is 13.5. The molecule has 0 amide bonds. The highest BCUT2D eigenvalue weighted by molar-refractivity contribution is 14.1. The maximum absolute atomic E-state index is 13.5. The van der Waals surface area contributed by atoms with Crippen molar-refractivity contribution >= 4 is 34.2 Å². The molecule has 1 aromatic carbocycles. The summed E-state index contributed by atoms with van der Waals surface area (Å²) < 4.78 is 14.4. The third kappa shape index (κ3) is 2.98. The van der Waals surface area contributed by atoms with Crippen molar-refractivity contribution in [1.82, 2.24) is 9.97 Å². The van der Waals surface area contributed by atoms with Gasteiger partial charge in [-0.25, -0.2) is 14.4 Å². The summed E-state index contributed by atoms with van der Waals surface area (Å²) in [5, 5.41) is 0.439. The molecule has 1 aromatic heterocycles. The van der Waals surface area contributed by atoms with Crippen molar-refractivity contribution in [3.8, 4) is 0 Å². The van der Waals surface area contributed by atoms with Gasteiger partial charge < -0.3 is 0 Å². The molecule has 0 radical (unpaired) electrons. The van der Waals surface area contributed by atoms with Gasteiger partial charge in [-0.05, 0) is 40.6 Å². The smallest absolute Gasteiger partial charge is 0.146 e. The summed E-state index contributed by atoms with van der Waals surface area (Å²) in [6, 6.07) is 6.63. The molecule has 0 saturated carbocycles. The van der Waals surface area contributed by atoms with E-state index in [0.717, 1.165) is 15.7 Å². The molecule has 5 heteroatoms. The Morgan fingerprint density at radius 2 is 2.00 bits per heavy atom. The largest absolute Gasteiger partial charge is 0.236 e. The second-order valence-corrected chi connectivity index (χ2v) is 5.25. The second kappa shape index (κ2) is 5.93. The molecule has 0 N–H and O–H groups in total. The number of hydrogen-bond donors (Lipinski definition) is 0. The molecule has 0 saturated heterocycles. The first kappa shape index (κ1) is 13.7. The van der Waals surface area contributed by atoms with Gasteiger partial charge in [-0.2, -0.15) is 0 Å². The van der Waals surface area contributed by atoms with Crippen LogP contribution in [0, 0.1) is 9.39 Å². The highest BCUT2D eigenvalue weighted by atomic mass is 127. The predicted octanol–water partition coefficient (Wildman–Crippen LogP) is 4.03. The van der Waals surface area contributed by atoms with E-state index in [1.165, 1.54) is 6.07 Å². The average molecular weight is 377 g/mol. The van der Waals surface area contributed by atoms with E-state index in [-0.39, 0.29) is 5.82 Å². The Morgan fingerprint density at radius 1 is 1.28 bits per heavy atom. The van der Waals surface area contributed by atoms with E-state index in [4.69, 9.17) is 11.6 Å². The van der Waals surface area contributed by atoms with E-state index in [9.17, 15) is 4.39 Å². The predicted molar refractivity (Wildman–Crippen MR) is 78.3 cm³/mol. The van der Waals surface area contributed by atoms with E-state index < -0.39 is 0 Å². The first-order chi connectivity index (χ1) is 8.61. The molecule has 1 heterocycles. The van der Waals surface area contributed by atoms with Gasteiger partial charge in [-0.15, -0.1) is 0 Å². The molecule has 2 nitrogen and oxygen atoms in total. The van der Waals surface area contributed by atoms with Gasteiger partial charge in [0.05, 0.1) is 9.26 Å². The van der Waals surface area contributed by atoms with Crippen molar-refractivity contribution in [2.45, 2.75) is 19.8 Å². The van der Waals surface area contributed by atoms with Crippen LogP contribution in [0.3, 0.4) is 0 Å². The first-order valence-electron chi connectivity index (χ1n) is 5.56. The first-order valence-corrected chi connectivity index (χ1v) is 7.01. The minimum absolute atomic E-state index is 0.242. The van der Waals surface area contributed by atoms with Crippen LogP contribution in [0.2, 0.25) is 5.15 Å². The number of aryl methyl sites for hydroxylation is 1. The molecule has 0 aliphatic heterocycles. The van der Waals surface area contributed by atoms with Crippen LogP contribution in [-0.2, 0) is 12.8 Å². The van der Waals surface area contributed by atoms with Gasteiger partial charge >= 0.3 is 0 Å². The van der Waals surface area contributed by atoms with E-state index in [1.807, 2.05) is 6.92 Å². The quantitative estimate of drug-likeness (QED) is 0.597. The summed E-state index contributed by atoms with van der Waals surface area (Å²) in [6.45, 7) is 2.01. The summed E-state index contributed by atoms with van der Waals surface area (Å²) in [5.41, 5.74) is 1.48. The van der Waals surface area contributed by atoms with E-state index in [2.05, 4.69) is 32.6 Å². The van der Waals surface area contributed by atoms with Crippen molar-refractivity contribution in [3.63, 3.8) is 0 Å². The lowest BCUT2D eigenvalue weighted by Crippen LogP contribution is -2.04. The fourth-order valence-corrected chi connectivity index (χ4v) is 2.47. The molecule has 18 heavy (non-hydrogen) atoms. The summed E-state index contributed by atoms with van der Waals surface area (Å²) >= 11 is 8.18. The number of halogens is 3. The zero-order valence-electron chi connectivity index (χ0n) is 9.75. The summed E-state index contributed by atoms with van der Waals surface area (Å²) in [4.78, 5) is 8.62. The molecule has 0 aliphatic rings. The SMILES string of the molecule is CCc1nc(Cc2ccccc2F)nc(Cl)c1I. The minimum atomic E-state index is -0.242. The number of rotatable bonds is 3. The standard InChI is InChI=1S/C13H11ClFIN2/c1-2-10-12(16)13(14)18-11(17-10)7-8-5-3-4-6-9(8)15/h3-6H,2,7H2,1H3. The minimum Gasteiger partial charge on any atom is -0.236 e. The number of hydrogen-bond acceptors (Lipinski definition) is 2. The Labute approximate surface area is 124 Å². The monoisotopic (exact) mass is 376 g/mol. The zero-order chi connectivity index (χ0) is 13.1. The molecule has 0 atom stereocenters. The normalized spacial score (nSPS) is 10.7. The van der Waals surface area contributed by atoms with Crippen molar-refractivity contribution in [3.05, 3.63) is 55.9 Å². The van der Waals surface area contributed by atoms with Gasteiger partial charge in [-0.1, -0.05) is 36.7 Å². The molecule has 2 rings (SSSR count). The van der Waals surface area contributed by atoms with Gasteiger partial charge in [0.25, 0.3) is 0 Å². The molecule has 0 unspecified atom stereocenters. The van der Waals surface area contributed by atoms with Crippen LogP contribution in [0.15, 0.2) is 24.3 Å². The Morgan fingerprint density at radius 3 is 2.67 bits per heavy atom. The molecular weight excluding hydrogens is 366 g/mol. The van der Waals surface area contributed by atoms with Crippen LogP contribution in [-0.4, -0.2) is 9.97 Å². The third-order valence-electron chi connectivity index (χ3n) is 2.57. The third-order valence-corrected chi connectivity index (χ3v) is 4.29. The van der Waals surface area contributed by atoms with Crippen molar-refractivity contribution in [1.29, 1.82) is 0 Å². The van der Waals surface area contributed by atoms with Gasteiger partial charge in [0.2, 0.25) is 0 Å². The average Bonchev–Trinajstić information content (AvgIpc) is 2.36. The lowest BCUT2D eigenvalue weighted by atomic mass is 10.1. The maximum Gasteiger partial charge on any atom is 0.146 e. The van der Waals surface area contributed by atoms with Crippen molar-refractivity contribution in [2.75, 3.05) is 0 Å². The highest BCUT2D eigenvalue weighted by Crippen LogP contribution is 2.21. The van der Waals surface area contributed by atoms with E-state index in [0.29, 0.717) is 23.0 Å². The van der Waals surface area contributed by atoms with E-state index in [1.54, 1.807) is 18.2 Å². The summed E-state index contributed by atoms with van der Waals surface area (Å²) in [7, 11) is 0. The molecule has 94 valence electrons. The fourth-order valence-electron chi connectivity index (χ4n) is 1.64. The second-order valence-electron chi connectivity index (χ2n) is 3.81. The molecule has 0 aliphatic carbocycles.